The predicted molar refractivity (Wildman–Crippen MR) is 177 cm³/mol. The van der Waals surface area contributed by atoms with E-state index in [2.05, 4.69) is 62.3 Å². The Balaban J connectivity index is 5.77. The Morgan fingerprint density at radius 2 is 0.512 bits per heavy atom. The van der Waals surface area contributed by atoms with E-state index in [4.69, 9.17) is 13.6 Å². The minimum Gasteiger partial charge on any atom is -0.322 e. The summed E-state index contributed by atoms with van der Waals surface area (Å²) in [5.74, 6) is 0. The molecule has 0 aliphatic rings. The zero-order valence-corrected chi connectivity index (χ0v) is 30.3. The van der Waals surface area contributed by atoms with E-state index in [0.29, 0.717) is 19.8 Å². The highest BCUT2D eigenvalue weighted by molar-refractivity contribution is 7.48. The molecule has 0 saturated heterocycles. The quantitative estimate of drug-likeness (QED) is 0.0608. The van der Waals surface area contributed by atoms with Gasteiger partial charge in [0.25, 0.3) is 0 Å². The number of phosphoric ester groups is 1. The molecule has 0 fully saturated rings. The predicted octanol–water partition coefficient (Wildman–Crippen LogP) is 8.28. The lowest BCUT2D eigenvalue weighted by Crippen LogP contribution is -2.52. The standard InChI is InChI=1S/C33H75N3O4P/c1-10-19-34(20-11-2,21-12-3)28-31-38-41(37,39-32-29-35(22-13-4,23-14-5)24-15-6)40-33-30-36(25-16-7,26-17-8)27-18-9/h10-33H2,1-9H3/q+3. The van der Waals surface area contributed by atoms with Crippen molar-refractivity contribution < 1.29 is 31.6 Å². The van der Waals surface area contributed by atoms with Crippen molar-refractivity contribution in [2.75, 3.05) is 98.4 Å². The Morgan fingerprint density at radius 3 is 0.659 bits per heavy atom. The fourth-order valence-electron chi connectivity index (χ4n) is 7.43. The molecule has 0 atom stereocenters. The molecule has 0 aromatic rings. The summed E-state index contributed by atoms with van der Waals surface area (Å²) in [6.45, 7) is 34.3. The van der Waals surface area contributed by atoms with Gasteiger partial charge in [0.05, 0.1) is 58.9 Å². The van der Waals surface area contributed by atoms with Crippen LogP contribution in [0.5, 0.6) is 0 Å². The second kappa shape index (κ2) is 23.4. The molecule has 0 unspecified atom stereocenters. The molecule has 0 aromatic carbocycles. The average Bonchev–Trinajstić information content (AvgIpc) is 2.90. The van der Waals surface area contributed by atoms with Gasteiger partial charge in [-0.05, 0) is 57.8 Å². The lowest BCUT2D eigenvalue weighted by molar-refractivity contribution is -0.928. The first-order chi connectivity index (χ1) is 19.7. The van der Waals surface area contributed by atoms with E-state index in [1.165, 1.54) is 0 Å². The molecule has 0 spiro atoms. The van der Waals surface area contributed by atoms with Gasteiger partial charge in [0, 0.05) is 0 Å². The van der Waals surface area contributed by atoms with Crippen LogP contribution in [0.1, 0.15) is 120 Å². The van der Waals surface area contributed by atoms with E-state index in [-0.39, 0.29) is 0 Å². The molecule has 0 N–H and O–H groups in total. The van der Waals surface area contributed by atoms with Gasteiger partial charge in [-0.1, -0.05) is 62.3 Å². The van der Waals surface area contributed by atoms with Gasteiger partial charge in [-0.3, -0.25) is 13.6 Å². The molecule has 0 bridgehead atoms. The van der Waals surface area contributed by atoms with Gasteiger partial charge in [-0.25, -0.2) is 4.57 Å². The molecule has 0 aromatic heterocycles. The Hall–Kier alpha value is -0.0100. The lowest BCUT2D eigenvalue weighted by Gasteiger charge is -2.39. The van der Waals surface area contributed by atoms with Crippen LogP contribution < -0.4 is 0 Å². The Kier molecular flexibility index (Phi) is 23.4. The molecule has 0 saturated carbocycles. The van der Waals surface area contributed by atoms with Crippen molar-refractivity contribution in [1.82, 2.24) is 0 Å². The molecular formula is C33H75N3O4P+3. The van der Waals surface area contributed by atoms with Crippen molar-refractivity contribution in [2.24, 2.45) is 0 Å². The fraction of sp³-hybridized carbons (Fsp3) is 1.00. The smallest absolute Gasteiger partial charge is 0.322 e. The van der Waals surface area contributed by atoms with Crippen LogP contribution >= 0.6 is 7.82 Å². The fourth-order valence-corrected chi connectivity index (χ4v) is 8.57. The largest absolute Gasteiger partial charge is 0.475 e. The zero-order chi connectivity index (χ0) is 31.1. The second-order valence-electron chi connectivity index (χ2n) is 12.7. The summed E-state index contributed by atoms with van der Waals surface area (Å²) in [7, 11) is -3.68. The maximum absolute atomic E-state index is 14.2. The first-order valence-electron chi connectivity index (χ1n) is 17.8. The van der Waals surface area contributed by atoms with Crippen LogP contribution in [-0.4, -0.2) is 112 Å². The van der Waals surface area contributed by atoms with Crippen molar-refractivity contribution in [3.05, 3.63) is 0 Å². The first-order valence-corrected chi connectivity index (χ1v) is 19.2. The van der Waals surface area contributed by atoms with E-state index in [0.717, 1.165) is 150 Å². The van der Waals surface area contributed by atoms with E-state index in [1.807, 2.05) is 0 Å². The van der Waals surface area contributed by atoms with Gasteiger partial charge in [0.1, 0.15) is 39.5 Å². The molecule has 41 heavy (non-hydrogen) atoms. The minimum absolute atomic E-state index is 0.412. The molecule has 0 radical (unpaired) electrons. The Morgan fingerprint density at radius 1 is 0.341 bits per heavy atom. The summed E-state index contributed by atoms with van der Waals surface area (Å²) in [4.78, 5) is 0. The van der Waals surface area contributed by atoms with Gasteiger partial charge in [0.15, 0.2) is 0 Å². The molecule has 7 nitrogen and oxygen atoms in total. The molecule has 8 heteroatoms. The van der Waals surface area contributed by atoms with Crippen LogP contribution in [0.15, 0.2) is 0 Å². The maximum Gasteiger partial charge on any atom is 0.475 e. The molecule has 0 rings (SSSR count). The normalized spacial score (nSPS) is 13.3. The summed E-state index contributed by atoms with van der Waals surface area (Å²) in [5, 5.41) is 0. The molecule has 0 aliphatic carbocycles. The number of hydrogen-bond donors (Lipinski definition) is 0. The third kappa shape index (κ3) is 16.0. The van der Waals surface area contributed by atoms with Crippen molar-refractivity contribution in [3.63, 3.8) is 0 Å². The van der Waals surface area contributed by atoms with Crippen LogP contribution in [-0.2, 0) is 18.1 Å². The van der Waals surface area contributed by atoms with E-state index < -0.39 is 7.82 Å². The lowest BCUT2D eigenvalue weighted by atomic mass is 10.2. The summed E-state index contributed by atoms with van der Waals surface area (Å²) in [5.41, 5.74) is 0. The number of phosphoric acid groups is 1. The molecule has 248 valence electrons. The first kappa shape index (κ1) is 41.0. The Labute approximate surface area is 257 Å². The minimum atomic E-state index is -3.68. The number of rotatable bonds is 30. The van der Waals surface area contributed by atoms with Crippen LogP contribution in [0, 0.1) is 0 Å². The topological polar surface area (TPSA) is 44.8 Å². The highest BCUT2D eigenvalue weighted by Gasteiger charge is 2.34. The zero-order valence-electron chi connectivity index (χ0n) is 29.4. The number of quaternary nitrogens is 3. The molecular weight excluding hydrogens is 533 g/mol. The summed E-state index contributed by atoms with van der Waals surface area (Å²) in [6.07, 6.45) is 10.3. The highest BCUT2D eigenvalue weighted by atomic mass is 31.2. The summed E-state index contributed by atoms with van der Waals surface area (Å²) < 4.78 is 35.9. The van der Waals surface area contributed by atoms with Crippen molar-refractivity contribution in [2.45, 2.75) is 120 Å². The molecule has 0 heterocycles. The van der Waals surface area contributed by atoms with Gasteiger partial charge in [-0.2, -0.15) is 0 Å². The van der Waals surface area contributed by atoms with Gasteiger partial charge >= 0.3 is 7.82 Å². The molecule has 0 aliphatic heterocycles. The van der Waals surface area contributed by atoms with Crippen molar-refractivity contribution >= 4 is 7.82 Å². The summed E-state index contributed by atoms with van der Waals surface area (Å²) in [6, 6.07) is 0. The van der Waals surface area contributed by atoms with Crippen molar-refractivity contribution in [3.8, 4) is 0 Å². The third-order valence-corrected chi connectivity index (χ3v) is 10.2. The SMILES string of the molecule is CCC[N+](CCC)(CCC)CCOP(=O)(OCC[N+](CCC)(CCC)CCC)OCC[N+](CCC)(CCC)CCC. The number of nitrogens with zero attached hydrogens (tertiary/aromatic N) is 3. The second-order valence-corrected chi connectivity index (χ2v) is 14.3. The van der Waals surface area contributed by atoms with E-state index in [9.17, 15) is 4.57 Å². The Bertz CT molecular complexity index is 528. The van der Waals surface area contributed by atoms with Crippen LogP contribution in [0.3, 0.4) is 0 Å². The van der Waals surface area contributed by atoms with Crippen LogP contribution in [0.4, 0.5) is 0 Å². The van der Waals surface area contributed by atoms with Gasteiger partial charge in [-0.15, -0.1) is 0 Å². The molecule has 0 amide bonds. The third-order valence-electron chi connectivity index (χ3n) is 8.73. The van der Waals surface area contributed by atoms with Crippen LogP contribution in [0.2, 0.25) is 0 Å². The number of hydrogen-bond acceptors (Lipinski definition) is 4. The highest BCUT2D eigenvalue weighted by Crippen LogP contribution is 2.49. The van der Waals surface area contributed by atoms with E-state index in [1.54, 1.807) is 0 Å². The maximum atomic E-state index is 14.2. The van der Waals surface area contributed by atoms with Gasteiger partial charge < -0.3 is 13.4 Å². The monoisotopic (exact) mass is 609 g/mol. The summed E-state index contributed by atoms with van der Waals surface area (Å²) >= 11 is 0. The van der Waals surface area contributed by atoms with Crippen LogP contribution in [0.25, 0.3) is 0 Å². The average molecular weight is 609 g/mol. The van der Waals surface area contributed by atoms with E-state index >= 15 is 0 Å². The van der Waals surface area contributed by atoms with Crippen molar-refractivity contribution in [1.29, 1.82) is 0 Å². The van der Waals surface area contributed by atoms with Gasteiger partial charge in [0.2, 0.25) is 0 Å².